The lowest BCUT2D eigenvalue weighted by Gasteiger charge is -2.36. The van der Waals surface area contributed by atoms with Crippen LogP contribution in [-0.4, -0.2) is 43.8 Å². The van der Waals surface area contributed by atoms with Gasteiger partial charge in [-0.2, -0.15) is 5.10 Å². The van der Waals surface area contributed by atoms with Crippen LogP contribution < -0.4 is 5.73 Å². The first-order valence-corrected chi connectivity index (χ1v) is 11.6. The Balaban J connectivity index is 1.34. The number of anilines is 1. The second kappa shape index (κ2) is 7.78. The van der Waals surface area contributed by atoms with Crippen molar-refractivity contribution >= 4 is 28.2 Å². The van der Waals surface area contributed by atoms with Crippen LogP contribution in [0.1, 0.15) is 31.7 Å². The van der Waals surface area contributed by atoms with Gasteiger partial charge < -0.3 is 10.6 Å². The van der Waals surface area contributed by atoms with Gasteiger partial charge in [0.2, 0.25) is 0 Å². The number of rotatable bonds is 3. The number of piperidine rings is 1. The third-order valence-corrected chi connectivity index (χ3v) is 7.70. The first kappa shape index (κ1) is 20.6. The molecule has 6 rings (SSSR count). The van der Waals surface area contributed by atoms with E-state index >= 15 is 0 Å². The van der Waals surface area contributed by atoms with E-state index in [2.05, 4.69) is 37.9 Å². The third kappa shape index (κ3) is 3.47. The second-order valence-corrected chi connectivity index (χ2v) is 9.59. The minimum Gasteiger partial charge on any atom is -0.383 e. The predicted octanol–water partition coefficient (Wildman–Crippen LogP) is 5.33. The monoisotopic (exact) mass is 462 g/mol. The normalized spacial score (nSPS) is 22.8. The van der Waals surface area contributed by atoms with Crippen LogP contribution in [0.15, 0.2) is 49.1 Å². The van der Waals surface area contributed by atoms with Gasteiger partial charge in [0.1, 0.15) is 11.6 Å². The molecule has 168 valence electrons. The fraction of sp³-hybridized carbons (Fsp3) is 0.320. The highest BCUT2D eigenvalue weighted by Crippen LogP contribution is 2.40. The number of nitrogen functional groups attached to an aromatic ring is 1. The van der Waals surface area contributed by atoms with Crippen molar-refractivity contribution in [3.63, 3.8) is 0 Å². The van der Waals surface area contributed by atoms with E-state index in [4.69, 9.17) is 17.3 Å². The molecule has 0 radical (unpaired) electrons. The molecule has 2 saturated heterocycles. The first-order chi connectivity index (χ1) is 16.0. The molecule has 1 aromatic carbocycles. The van der Waals surface area contributed by atoms with Gasteiger partial charge in [-0.05, 0) is 57.0 Å². The summed E-state index contributed by atoms with van der Waals surface area (Å²) in [5.41, 5.74) is 9.38. The fourth-order valence-corrected chi connectivity index (χ4v) is 5.66. The van der Waals surface area contributed by atoms with Crippen molar-refractivity contribution in [3.05, 3.63) is 59.9 Å². The summed E-state index contributed by atoms with van der Waals surface area (Å²) in [7, 11) is 2.25. The van der Waals surface area contributed by atoms with Gasteiger partial charge in [0.05, 0.1) is 17.9 Å². The van der Waals surface area contributed by atoms with Crippen molar-refractivity contribution in [1.82, 2.24) is 24.6 Å². The van der Waals surface area contributed by atoms with Crippen LogP contribution in [0.5, 0.6) is 0 Å². The number of benzene rings is 1. The van der Waals surface area contributed by atoms with E-state index in [9.17, 15) is 4.39 Å². The molecule has 2 unspecified atom stereocenters. The van der Waals surface area contributed by atoms with Gasteiger partial charge in [-0.15, -0.1) is 0 Å². The van der Waals surface area contributed by atoms with Crippen molar-refractivity contribution in [2.45, 2.75) is 43.8 Å². The Labute approximate surface area is 196 Å². The van der Waals surface area contributed by atoms with Gasteiger partial charge >= 0.3 is 0 Å². The molecule has 5 heterocycles. The Hall–Kier alpha value is -3.03. The molecular weight excluding hydrogens is 439 g/mol. The first-order valence-electron chi connectivity index (χ1n) is 11.2. The Kier molecular flexibility index (Phi) is 4.85. The summed E-state index contributed by atoms with van der Waals surface area (Å²) in [5.74, 6) is 0.000431. The van der Waals surface area contributed by atoms with Crippen LogP contribution in [0.4, 0.5) is 10.2 Å². The van der Waals surface area contributed by atoms with E-state index < -0.39 is 0 Å². The van der Waals surface area contributed by atoms with E-state index in [1.165, 1.54) is 25.1 Å². The van der Waals surface area contributed by atoms with Crippen molar-refractivity contribution in [2.24, 2.45) is 0 Å². The summed E-state index contributed by atoms with van der Waals surface area (Å²) in [4.78, 5) is 11.4. The minimum atomic E-state index is -0.358. The quantitative estimate of drug-likeness (QED) is 0.445. The Morgan fingerprint density at radius 1 is 0.970 bits per heavy atom. The van der Waals surface area contributed by atoms with Gasteiger partial charge in [0.25, 0.3) is 0 Å². The highest BCUT2D eigenvalue weighted by molar-refractivity contribution is 6.35. The molecule has 0 saturated carbocycles. The summed E-state index contributed by atoms with van der Waals surface area (Å²) in [5, 5.41) is 6.12. The van der Waals surface area contributed by atoms with Crippen molar-refractivity contribution in [3.8, 4) is 22.4 Å². The lowest BCUT2D eigenvalue weighted by molar-refractivity contribution is 0.131. The van der Waals surface area contributed by atoms with E-state index in [0.717, 1.165) is 24.0 Å². The van der Waals surface area contributed by atoms with Gasteiger partial charge in [-0.25, -0.2) is 9.37 Å². The Morgan fingerprint density at radius 3 is 2.55 bits per heavy atom. The van der Waals surface area contributed by atoms with E-state index in [-0.39, 0.29) is 5.82 Å². The molecule has 8 heteroatoms. The lowest BCUT2D eigenvalue weighted by Crippen LogP contribution is -2.40. The standard InChI is InChI=1S/C25H24ClFN6/c1-32-16-2-3-17(32)8-18(7-16)33-13-15(11-31-33)14-6-20(25(28)30-10-14)24-9-19-21(12-29-24)23(27)5-4-22(19)26/h4-6,9-13,16-18H,2-3,7-8H2,1H3,(H2,28,30). The zero-order chi connectivity index (χ0) is 22.7. The van der Waals surface area contributed by atoms with Gasteiger partial charge in [0.15, 0.2) is 0 Å². The number of hydrogen-bond donors (Lipinski definition) is 1. The fourth-order valence-electron chi connectivity index (χ4n) is 5.44. The highest BCUT2D eigenvalue weighted by atomic mass is 35.5. The SMILES string of the molecule is CN1C2CCC1CC(n1cc(-c3cnc(N)c(-c4cc5c(Cl)ccc(F)c5cn4)c3)cn1)C2. The zero-order valence-electron chi connectivity index (χ0n) is 18.2. The maximum Gasteiger partial charge on any atom is 0.132 e. The number of fused-ring (bicyclic) bond motifs is 3. The van der Waals surface area contributed by atoms with Gasteiger partial charge in [0, 0.05) is 63.2 Å². The minimum absolute atomic E-state index is 0.358. The van der Waals surface area contributed by atoms with Crippen LogP contribution >= 0.6 is 11.6 Å². The number of halogens is 2. The number of hydrogen-bond acceptors (Lipinski definition) is 5. The summed E-state index contributed by atoms with van der Waals surface area (Å²) in [6, 6.07) is 8.34. The van der Waals surface area contributed by atoms with Gasteiger partial charge in [-0.1, -0.05) is 11.6 Å². The summed E-state index contributed by atoms with van der Waals surface area (Å²) in [6.07, 6.45) is 12.1. The van der Waals surface area contributed by atoms with Crippen LogP contribution in [0.25, 0.3) is 33.2 Å². The zero-order valence-corrected chi connectivity index (χ0v) is 19.0. The maximum absolute atomic E-state index is 14.1. The topological polar surface area (TPSA) is 72.9 Å². The van der Waals surface area contributed by atoms with Gasteiger partial charge in [-0.3, -0.25) is 9.67 Å². The molecule has 0 amide bonds. The molecule has 4 aromatic rings. The van der Waals surface area contributed by atoms with E-state index in [1.54, 1.807) is 18.3 Å². The smallest absolute Gasteiger partial charge is 0.132 e. The molecule has 2 N–H and O–H groups in total. The van der Waals surface area contributed by atoms with E-state index in [1.807, 2.05) is 12.3 Å². The summed E-state index contributed by atoms with van der Waals surface area (Å²) in [6.45, 7) is 0. The van der Waals surface area contributed by atoms with Crippen molar-refractivity contribution in [1.29, 1.82) is 0 Å². The molecular formula is C25H24ClFN6. The van der Waals surface area contributed by atoms with Crippen molar-refractivity contribution < 1.29 is 4.39 Å². The third-order valence-electron chi connectivity index (χ3n) is 7.37. The van der Waals surface area contributed by atoms with E-state index in [0.29, 0.717) is 51.0 Å². The largest absolute Gasteiger partial charge is 0.383 e. The molecule has 2 aliphatic rings. The molecule has 0 aliphatic carbocycles. The predicted molar refractivity (Wildman–Crippen MR) is 128 cm³/mol. The molecule has 3 aromatic heterocycles. The Bertz CT molecular complexity index is 1350. The molecule has 2 aliphatic heterocycles. The molecule has 2 bridgehead atoms. The lowest BCUT2D eigenvalue weighted by atomic mass is 9.98. The number of pyridine rings is 2. The average molecular weight is 463 g/mol. The number of aromatic nitrogens is 4. The van der Waals surface area contributed by atoms with Crippen LogP contribution in [-0.2, 0) is 0 Å². The molecule has 33 heavy (non-hydrogen) atoms. The summed E-state index contributed by atoms with van der Waals surface area (Å²) >= 11 is 6.31. The second-order valence-electron chi connectivity index (χ2n) is 9.19. The highest BCUT2D eigenvalue weighted by Gasteiger charge is 2.39. The molecule has 2 fully saturated rings. The Morgan fingerprint density at radius 2 is 1.76 bits per heavy atom. The molecule has 0 spiro atoms. The van der Waals surface area contributed by atoms with Crippen LogP contribution in [0, 0.1) is 5.82 Å². The van der Waals surface area contributed by atoms with Crippen molar-refractivity contribution in [2.75, 3.05) is 12.8 Å². The number of nitrogens with zero attached hydrogens (tertiary/aromatic N) is 5. The van der Waals surface area contributed by atoms with Crippen LogP contribution in [0.2, 0.25) is 5.02 Å². The van der Waals surface area contributed by atoms with Crippen LogP contribution in [0.3, 0.4) is 0 Å². The summed E-state index contributed by atoms with van der Waals surface area (Å²) < 4.78 is 16.3. The average Bonchev–Trinajstić information content (AvgIpc) is 3.37. The molecule has 6 nitrogen and oxygen atoms in total. The maximum atomic E-state index is 14.1. The number of nitrogens with two attached hydrogens (primary N) is 1. The molecule has 2 atom stereocenters.